The number of phenolic OH excluding ortho intramolecular Hbond substituents is 1. The number of carbonyl (C=O) groups is 1. The van der Waals surface area contributed by atoms with Crippen LogP contribution < -0.4 is 0 Å². The second kappa shape index (κ2) is 5.70. The number of aryl methyl sites for hydroxylation is 2. The van der Waals surface area contributed by atoms with Crippen LogP contribution in [0.1, 0.15) is 27.0 Å². The molecule has 0 spiro atoms. The Balaban J connectivity index is 2.24. The molecule has 0 unspecified atom stereocenters. The lowest BCUT2D eigenvalue weighted by molar-refractivity contribution is 0.104. The Labute approximate surface area is 117 Å². The minimum absolute atomic E-state index is 0.0320. The minimum atomic E-state index is -0.304. The van der Waals surface area contributed by atoms with Gasteiger partial charge in [-0.15, -0.1) is 0 Å². The SMILES string of the molecule is Cc1ccc(C(=O)/C=C/c2ccc(F)cc2C)c(O)c1. The van der Waals surface area contributed by atoms with Crippen molar-refractivity contribution in [3.8, 4) is 5.75 Å². The van der Waals surface area contributed by atoms with E-state index in [-0.39, 0.29) is 22.9 Å². The summed E-state index contributed by atoms with van der Waals surface area (Å²) in [6, 6.07) is 9.28. The van der Waals surface area contributed by atoms with Crippen molar-refractivity contribution in [2.24, 2.45) is 0 Å². The van der Waals surface area contributed by atoms with Crippen molar-refractivity contribution in [2.45, 2.75) is 13.8 Å². The van der Waals surface area contributed by atoms with Crippen LogP contribution in [-0.4, -0.2) is 10.9 Å². The van der Waals surface area contributed by atoms with Gasteiger partial charge >= 0.3 is 0 Å². The lowest BCUT2D eigenvalue weighted by atomic mass is 10.0. The van der Waals surface area contributed by atoms with E-state index in [1.165, 1.54) is 18.2 Å². The summed E-state index contributed by atoms with van der Waals surface area (Å²) in [6.07, 6.45) is 3.00. The zero-order valence-corrected chi connectivity index (χ0v) is 11.4. The molecule has 0 bridgehead atoms. The highest BCUT2D eigenvalue weighted by Crippen LogP contribution is 2.20. The van der Waals surface area contributed by atoms with Crippen molar-refractivity contribution in [1.82, 2.24) is 0 Å². The zero-order valence-electron chi connectivity index (χ0n) is 11.4. The van der Waals surface area contributed by atoms with Gasteiger partial charge in [0, 0.05) is 0 Å². The fourth-order valence-electron chi connectivity index (χ4n) is 1.93. The third-order valence-electron chi connectivity index (χ3n) is 3.06. The Hall–Kier alpha value is -2.42. The van der Waals surface area contributed by atoms with Gasteiger partial charge in [-0.3, -0.25) is 4.79 Å². The van der Waals surface area contributed by atoms with Crippen LogP contribution >= 0.6 is 0 Å². The van der Waals surface area contributed by atoms with Crippen LogP contribution in [0, 0.1) is 19.7 Å². The monoisotopic (exact) mass is 270 g/mol. The van der Waals surface area contributed by atoms with E-state index in [0.29, 0.717) is 0 Å². The number of phenols is 1. The standard InChI is InChI=1S/C17H15FO2/c1-11-3-7-15(17(20)9-11)16(19)8-5-13-4-6-14(18)10-12(13)2/h3-10,20H,1-2H3/b8-5+. The van der Waals surface area contributed by atoms with E-state index in [1.807, 2.05) is 6.92 Å². The van der Waals surface area contributed by atoms with Crippen LogP contribution in [0.25, 0.3) is 6.08 Å². The maximum atomic E-state index is 13.0. The maximum Gasteiger partial charge on any atom is 0.189 e. The van der Waals surface area contributed by atoms with E-state index in [1.54, 1.807) is 37.3 Å². The number of allylic oxidation sites excluding steroid dienone is 1. The van der Waals surface area contributed by atoms with Crippen molar-refractivity contribution in [1.29, 1.82) is 0 Å². The van der Waals surface area contributed by atoms with Gasteiger partial charge in [0.25, 0.3) is 0 Å². The molecule has 0 heterocycles. The molecule has 1 N–H and O–H groups in total. The lowest BCUT2D eigenvalue weighted by Crippen LogP contribution is -1.95. The second-order valence-electron chi connectivity index (χ2n) is 4.72. The second-order valence-corrected chi connectivity index (χ2v) is 4.72. The van der Waals surface area contributed by atoms with Crippen molar-refractivity contribution in [2.75, 3.05) is 0 Å². The number of carbonyl (C=O) groups excluding carboxylic acids is 1. The highest BCUT2D eigenvalue weighted by atomic mass is 19.1. The molecule has 0 saturated heterocycles. The number of benzene rings is 2. The molecular formula is C17H15FO2. The first-order valence-corrected chi connectivity index (χ1v) is 6.25. The fourth-order valence-corrected chi connectivity index (χ4v) is 1.93. The van der Waals surface area contributed by atoms with E-state index >= 15 is 0 Å². The zero-order chi connectivity index (χ0) is 14.7. The molecule has 2 nitrogen and oxygen atoms in total. The molecule has 2 aromatic rings. The highest BCUT2D eigenvalue weighted by Gasteiger charge is 2.08. The van der Waals surface area contributed by atoms with E-state index < -0.39 is 0 Å². The molecule has 0 aromatic heterocycles. The van der Waals surface area contributed by atoms with Gasteiger partial charge in [0.05, 0.1) is 5.56 Å². The van der Waals surface area contributed by atoms with Gasteiger partial charge in [-0.25, -0.2) is 4.39 Å². The van der Waals surface area contributed by atoms with E-state index in [2.05, 4.69) is 0 Å². The summed E-state index contributed by atoms with van der Waals surface area (Å²) in [6.45, 7) is 3.61. The molecule has 0 saturated carbocycles. The highest BCUT2D eigenvalue weighted by molar-refractivity contribution is 6.08. The molecule has 3 heteroatoms. The van der Waals surface area contributed by atoms with Crippen molar-refractivity contribution in [3.05, 3.63) is 70.5 Å². The van der Waals surface area contributed by atoms with Gasteiger partial charge in [0.2, 0.25) is 0 Å². The number of hydrogen-bond acceptors (Lipinski definition) is 2. The van der Waals surface area contributed by atoms with Gasteiger partial charge in [-0.1, -0.05) is 18.2 Å². The molecule has 2 rings (SSSR count). The summed E-state index contributed by atoms with van der Waals surface area (Å²) < 4.78 is 13.0. The van der Waals surface area contributed by atoms with Crippen molar-refractivity contribution in [3.63, 3.8) is 0 Å². The topological polar surface area (TPSA) is 37.3 Å². The van der Waals surface area contributed by atoms with Crippen LogP contribution in [0.15, 0.2) is 42.5 Å². The van der Waals surface area contributed by atoms with Crippen LogP contribution in [0.4, 0.5) is 4.39 Å². The first-order chi connectivity index (χ1) is 9.47. The molecule has 0 aliphatic heterocycles. The van der Waals surface area contributed by atoms with Crippen molar-refractivity contribution < 1.29 is 14.3 Å². The Morgan fingerprint density at radius 1 is 1.15 bits per heavy atom. The quantitative estimate of drug-likeness (QED) is 0.675. The summed E-state index contributed by atoms with van der Waals surface area (Å²) in [5.74, 6) is -0.621. The number of halogens is 1. The predicted molar refractivity (Wildman–Crippen MR) is 77.3 cm³/mol. The smallest absolute Gasteiger partial charge is 0.189 e. The largest absolute Gasteiger partial charge is 0.507 e. The van der Waals surface area contributed by atoms with E-state index in [0.717, 1.165) is 16.7 Å². The molecule has 2 aromatic carbocycles. The molecule has 0 atom stereocenters. The summed E-state index contributed by atoms with van der Waals surface area (Å²) in [5.41, 5.74) is 2.66. The number of hydrogen-bond donors (Lipinski definition) is 1. The molecular weight excluding hydrogens is 255 g/mol. The maximum absolute atomic E-state index is 13.0. The Morgan fingerprint density at radius 3 is 2.55 bits per heavy atom. The average molecular weight is 270 g/mol. The molecule has 0 aliphatic rings. The number of rotatable bonds is 3. The molecule has 102 valence electrons. The van der Waals surface area contributed by atoms with Gasteiger partial charge in [0.15, 0.2) is 5.78 Å². The Kier molecular flexibility index (Phi) is 3.99. The molecule has 0 radical (unpaired) electrons. The average Bonchev–Trinajstić information content (AvgIpc) is 2.37. The molecule has 0 amide bonds. The minimum Gasteiger partial charge on any atom is -0.507 e. The number of aromatic hydroxyl groups is 1. The van der Waals surface area contributed by atoms with E-state index in [4.69, 9.17) is 0 Å². The molecule has 0 fully saturated rings. The summed E-state index contributed by atoms with van der Waals surface area (Å²) in [7, 11) is 0. The Bertz CT molecular complexity index is 687. The van der Waals surface area contributed by atoms with Gasteiger partial charge in [0.1, 0.15) is 11.6 Å². The van der Waals surface area contributed by atoms with Crippen LogP contribution in [0.5, 0.6) is 5.75 Å². The molecule has 0 aliphatic carbocycles. The van der Waals surface area contributed by atoms with Gasteiger partial charge in [-0.2, -0.15) is 0 Å². The predicted octanol–water partition coefficient (Wildman–Crippen LogP) is 4.04. The van der Waals surface area contributed by atoms with Crippen LogP contribution in [0.2, 0.25) is 0 Å². The van der Waals surface area contributed by atoms with Gasteiger partial charge < -0.3 is 5.11 Å². The summed E-state index contributed by atoms with van der Waals surface area (Å²) in [5, 5.41) is 9.75. The third kappa shape index (κ3) is 3.12. The third-order valence-corrected chi connectivity index (χ3v) is 3.06. The van der Waals surface area contributed by atoms with Crippen LogP contribution in [0.3, 0.4) is 0 Å². The molecule has 20 heavy (non-hydrogen) atoms. The fraction of sp³-hybridized carbons (Fsp3) is 0.118. The van der Waals surface area contributed by atoms with Crippen molar-refractivity contribution >= 4 is 11.9 Å². The van der Waals surface area contributed by atoms with Crippen LogP contribution in [-0.2, 0) is 0 Å². The summed E-state index contributed by atoms with van der Waals surface area (Å²) >= 11 is 0. The Morgan fingerprint density at radius 2 is 1.90 bits per heavy atom. The lowest BCUT2D eigenvalue weighted by Gasteiger charge is -2.02. The van der Waals surface area contributed by atoms with E-state index in [9.17, 15) is 14.3 Å². The normalized spacial score (nSPS) is 10.9. The number of ketones is 1. The first-order valence-electron chi connectivity index (χ1n) is 6.25. The van der Waals surface area contributed by atoms with Gasteiger partial charge in [-0.05, 0) is 60.9 Å². The first kappa shape index (κ1) is 14.0. The summed E-state index contributed by atoms with van der Waals surface area (Å²) in [4.78, 5) is 12.0.